The Morgan fingerprint density at radius 1 is 1.11 bits per heavy atom. The van der Waals surface area contributed by atoms with Crippen LogP contribution < -0.4 is 0 Å². The molecule has 0 saturated heterocycles. The molecule has 0 aromatic heterocycles. The Morgan fingerprint density at radius 3 is 1.44 bits per heavy atom. The second-order valence-electron chi connectivity index (χ2n) is 1.28. The lowest BCUT2D eigenvalue weighted by Gasteiger charge is -2.18. The van der Waals surface area contributed by atoms with Gasteiger partial charge in [-0.2, -0.15) is 0 Å². The molecule has 0 nitrogen and oxygen atoms in total. The lowest BCUT2D eigenvalue weighted by molar-refractivity contribution is 0.382. The first-order chi connectivity index (χ1) is 3.85. The Hall–Kier alpha value is 2.33. The molecule has 0 aliphatic rings. The van der Waals surface area contributed by atoms with Crippen molar-refractivity contribution in [1.82, 2.24) is 0 Å². The van der Waals surface area contributed by atoms with Gasteiger partial charge in [0.05, 0.1) is 0 Å². The largest absolute Gasteiger partial charge is 0.242 e. The van der Waals surface area contributed by atoms with Gasteiger partial charge in [-0.1, -0.05) is 79.6 Å². The van der Waals surface area contributed by atoms with Gasteiger partial charge in [-0.3, -0.25) is 0 Å². The van der Waals surface area contributed by atoms with Crippen LogP contribution in [0, 0.1) is 0 Å². The molecule has 1 atom stereocenters. The van der Waals surface area contributed by atoms with Crippen molar-refractivity contribution < 1.29 is 4.39 Å². The predicted octanol–water partition coefficient (Wildman–Crippen LogP) is 4.28. The third-order valence-corrected chi connectivity index (χ3v) is 2.77. The summed E-state index contributed by atoms with van der Waals surface area (Å²) in [6.07, 6.45) is -1.10. The van der Waals surface area contributed by atoms with E-state index in [0.29, 0.717) is 0 Å². The Labute approximate surface area is 95.0 Å². The highest BCUT2D eigenvalue weighted by Gasteiger charge is 2.34. The molecule has 1 unspecified atom stereocenters. The van der Waals surface area contributed by atoms with Crippen LogP contribution in [-0.2, 0) is 0 Å². The highest BCUT2D eigenvalue weighted by Crippen LogP contribution is 2.43. The first kappa shape index (κ1) is 11.3. The SMILES string of the molecule is FC(C(Br)Br)C(Br)(Br)Br. The maximum Gasteiger partial charge on any atom is 0.167 e. The number of hydrogen-bond acceptors (Lipinski definition) is 0. The summed E-state index contributed by atoms with van der Waals surface area (Å²) >= 11 is 15.2. The smallest absolute Gasteiger partial charge is 0.167 e. The number of hydrogen-bond donors (Lipinski definition) is 0. The molecular formula is C3H2Br5F. The van der Waals surface area contributed by atoms with Crippen molar-refractivity contribution in [3.8, 4) is 0 Å². The summed E-state index contributed by atoms with van der Waals surface area (Å²) in [5.74, 6) is 0. The van der Waals surface area contributed by atoms with Gasteiger partial charge >= 0.3 is 0 Å². The van der Waals surface area contributed by atoms with E-state index < -0.39 is 8.31 Å². The summed E-state index contributed by atoms with van der Waals surface area (Å²) in [6.45, 7) is 0. The Morgan fingerprint density at radius 2 is 1.44 bits per heavy atom. The molecule has 6 heteroatoms. The van der Waals surface area contributed by atoms with E-state index in [9.17, 15) is 4.39 Å². The quantitative estimate of drug-likeness (QED) is 0.517. The highest BCUT2D eigenvalue weighted by molar-refractivity contribution is 9.39. The summed E-state index contributed by atoms with van der Waals surface area (Å²) in [5, 5.41) is 0. The normalized spacial score (nSPS) is 16.3. The fourth-order valence-corrected chi connectivity index (χ4v) is 3.86. The van der Waals surface area contributed by atoms with E-state index in [1.54, 1.807) is 0 Å². The minimum Gasteiger partial charge on any atom is -0.242 e. The van der Waals surface area contributed by atoms with Gasteiger partial charge in [0, 0.05) is 0 Å². The monoisotopic (exact) mass is 452 g/mol. The van der Waals surface area contributed by atoms with Crippen molar-refractivity contribution in [2.75, 3.05) is 0 Å². The molecular weight excluding hydrogens is 455 g/mol. The van der Waals surface area contributed by atoms with Crippen molar-refractivity contribution in [2.45, 2.75) is 12.1 Å². The zero-order valence-corrected chi connectivity index (χ0v) is 11.9. The molecule has 0 fully saturated rings. The van der Waals surface area contributed by atoms with Crippen LogP contribution >= 0.6 is 79.6 Å². The van der Waals surface area contributed by atoms with Crippen LogP contribution in [0.5, 0.6) is 0 Å². The minimum absolute atomic E-state index is 0.372. The molecule has 0 rings (SSSR count). The molecule has 0 aliphatic heterocycles. The molecule has 0 heterocycles. The fourth-order valence-electron chi connectivity index (χ4n) is 0.143. The first-order valence-corrected chi connectivity index (χ1v) is 6.05. The molecule has 9 heavy (non-hydrogen) atoms. The van der Waals surface area contributed by atoms with Crippen LogP contribution in [0.15, 0.2) is 0 Å². The summed E-state index contributed by atoms with van der Waals surface area (Å²) in [4.78, 5) is 0. The van der Waals surface area contributed by atoms with Crippen LogP contribution in [0.25, 0.3) is 0 Å². The van der Waals surface area contributed by atoms with Gasteiger partial charge in [0.2, 0.25) is 0 Å². The Kier molecular flexibility index (Phi) is 5.51. The zero-order valence-electron chi connectivity index (χ0n) is 3.92. The Balaban J connectivity index is 3.88. The number of rotatable bonds is 1. The zero-order chi connectivity index (χ0) is 7.65. The van der Waals surface area contributed by atoms with Gasteiger partial charge in [0.25, 0.3) is 0 Å². The van der Waals surface area contributed by atoms with Crippen molar-refractivity contribution in [3.63, 3.8) is 0 Å². The summed E-state index contributed by atoms with van der Waals surface area (Å²) in [7, 11) is 0. The third kappa shape index (κ3) is 4.71. The van der Waals surface area contributed by atoms with Crippen molar-refractivity contribution in [3.05, 3.63) is 0 Å². The molecule has 0 saturated carbocycles. The molecule has 0 spiro atoms. The van der Waals surface area contributed by atoms with E-state index >= 15 is 0 Å². The molecule has 0 amide bonds. The highest BCUT2D eigenvalue weighted by atomic mass is 80.0. The van der Waals surface area contributed by atoms with Crippen LogP contribution in [-0.4, -0.2) is 12.1 Å². The maximum atomic E-state index is 12.8. The third-order valence-electron chi connectivity index (χ3n) is 0.534. The maximum absolute atomic E-state index is 12.8. The van der Waals surface area contributed by atoms with Crippen LogP contribution in [0.2, 0.25) is 0 Å². The molecule has 0 aliphatic carbocycles. The lowest BCUT2D eigenvalue weighted by Crippen LogP contribution is -2.24. The van der Waals surface area contributed by atoms with E-state index in [4.69, 9.17) is 0 Å². The Bertz CT molecular complexity index is 86.7. The number of alkyl halides is 6. The minimum atomic E-state index is -1.10. The average molecular weight is 457 g/mol. The predicted molar refractivity (Wildman–Crippen MR) is 56.1 cm³/mol. The second kappa shape index (κ2) is 4.38. The van der Waals surface area contributed by atoms with Gasteiger partial charge in [-0.05, 0) is 0 Å². The van der Waals surface area contributed by atoms with Gasteiger partial charge in [0.15, 0.2) is 8.31 Å². The van der Waals surface area contributed by atoms with E-state index in [0.717, 1.165) is 0 Å². The summed E-state index contributed by atoms with van der Waals surface area (Å²) in [6, 6.07) is 0. The van der Waals surface area contributed by atoms with E-state index in [2.05, 4.69) is 79.6 Å². The van der Waals surface area contributed by atoms with Crippen LogP contribution in [0.1, 0.15) is 0 Å². The standard InChI is InChI=1S/C3H2Br5F/c4-2(5)1(9)3(6,7)8/h1-2H. The summed E-state index contributed by atoms with van der Waals surface area (Å²) in [5.41, 5.74) is 0. The molecule has 0 N–H and O–H groups in total. The molecule has 0 aromatic rings. The fraction of sp³-hybridized carbons (Fsp3) is 1.00. The average Bonchev–Trinajstić information content (AvgIpc) is 1.62. The lowest BCUT2D eigenvalue weighted by atomic mass is 10.5. The van der Waals surface area contributed by atoms with Crippen LogP contribution in [0.3, 0.4) is 0 Å². The first-order valence-electron chi connectivity index (χ1n) is 1.84. The van der Waals surface area contributed by atoms with Crippen LogP contribution in [0.4, 0.5) is 4.39 Å². The van der Waals surface area contributed by atoms with E-state index in [-0.39, 0.29) is 3.74 Å². The van der Waals surface area contributed by atoms with Crippen molar-refractivity contribution in [2.24, 2.45) is 0 Å². The van der Waals surface area contributed by atoms with Gasteiger partial charge in [-0.15, -0.1) is 0 Å². The molecule has 56 valence electrons. The van der Waals surface area contributed by atoms with Gasteiger partial charge < -0.3 is 0 Å². The van der Waals surface area contributed by atoms with Gasteiger partial charge in [-0.25, -0.2) is 4.39 Å². The van der Waals surface area contributed by atoms with Gasteiger partial charge in [0.1, 0.15) is 3.74 Å². The van der Waals surface area contributed by atoms with E-state index in [1.165, 1.54) is 0 Å². The van der Waals surface area contributed by atoms with E-state index in [1.807, 2.05) is 0 Å². The molecule has 0 radical (unpaired) electrons. The summed E-state index contributed by atoms with van der Waals surface area (Å²) < 4.78 is 11.6. The second-order valence-corrected chi connectivity index (χ2v) is 11.4. The topological polar surface area (TPSA) is 0 Å². The van der Waals surface area contributed by atoms with Crippen molar-refractivity contribution >= 4 is 79.6 Å². The molecule has 0 aromatic carbocycles. The molecule has 0 bridgehead atoms. The van der Waals surface area contributed by atoms with Crippen molar-refractivity contribution in [1.29, 1.82) is 0 Å². The number of halogens is 6.